The number of benzene rings is 1. The molecule has 0 amide bonds. The fraction of sp³-hybridized carbons (Fsp3) is 0.200. The molecule has 0 saturated carbocycles. The number of hydrogen-bond acceptors (Lipinski definition) is 4. The molecule has 0 aliphatic heterocycles. The zero-order valence-corrected chi connectivity index (χ0v) is 11.4. The van der Waals surface area contributed by atoms with Gasteiger partial charge in [0.05, 0.1) is 22.3 Å². The zero-order valence-electron chi connectivity index (χ0n) is 10.6. The van der Waals surface area contributed by atoms with Crippen LogP contribution in [0, 0.1) is 6.92 Å². The Bertz CT molecular complexity index is 708. The monoisotopic (exact) mass is 270 g/mol. The Morgan fingerprint density at radius 2 is 2.16 bits per heavy atom. The zero-order chi connectivity index (χ0) is 13.2. The molecule has 2 aromatic heterocycles. The van der Waals surface area contributed by atoms with Gasteiger partial charge < -0.3 is 5.11 Å². The summed E-state index contributed by atoms with van der Waals surface area (Å²) < 4.78 is 0. The van der Waals surface area contributed by atoms with E-state index < -0.39 is 6.10 Å². The summed E-state index contributed by atoms with van der Waals surface area (Å²) in [4.78, 5) is 8.75. The molecule has 0 aliphatic rings. The molecular weight excluding hydrogens is 256 g/mol. The van der Waals surface area contributed by atoms with E-state index in [9.17, 15) is 5.11 Å². The Balaban J connectivity index is 1.86. The molecular formula is C15H14N2OS. The summed E-state index contributed by atoms with van der Waals surface area (Å²) in [5.41, 5.74) is 2.72. The molecule has 0 fully saturated rings. The van der Waals surface area contributed by atoms with E-state index in [2.05, 4.69) is 9.97 Å². The van der Waals surface area contributed by atoms with E-state index in [1.807, 2.05) is 42.6 Å². The van der Waals surface area contributed by atoms with Gasteiger partial charge in [-0.25, -0.2) is 4.98 Å². The highest BCUT2D eigenvalue weighted by atomic mass is 32.1. The lowest BCUT2D eigenvalue weighted by Crippen LogP contribution is -2.02. The predicted octanol–water partition coefficient (Wildman–Crippen LogP) is 3.28. The van der Waals surface area contributed by atoms with E-state index in [-0.39, 0.29) is 0 Å². The molecule has 0 bridgehead atoms. The SMILES string of the molecule is Cc1nc(CC(O)c2cnc3ccccc3c2)cs1. The molecule has 0 saturated heterocycles. The summed E-state index contributed by atoms with van der Waals surface area (Å²) in [5, 5.41) is 14.3. The first-order valence-corrected chi connectivity index (χ1v) is 7.04. The average Bonchev–Trinajstić information content (AvgIpc) is 2.83. The number of aliphatic hydroxyl groups is 1. The van der Waals surface area contributed by atoms with Crippen LogP contribution < -0.4 is 0 Å². The summed E-state index contributed by atoms with van der Waals surface area (Å²) >= 11 is 1.61. The quantitative estimate of drug-likeness (QED) is 0.794. The van der Waals surface area contributed by atoms with Crippen LogP contribution in [0.15, 0.2) is 41.9 Å². The van der Waals surface area contributed by atoms with Crippen molar-refractivity contribution in [2.24, 2.45) is 0 Å². The fourth-order valence-corrected chi connectivity index (χ4v) is 2.71. The maximum Gasteiger partial charge on any atom is 0.0897 e. The number of rotatable bonds is 3. The number of fused-ring (bicyclic) bond motifs is 1. The number of pyridine rings is 1. The van der Waals surface area contributed by atoms with E-state index in [4.69, 9.17) is 0 Å². The van der Waals surface area contributed by atoms with Gasteiger partial charge in [0, 0.05) is 23.4 Å². The minimum atomic E-state index is -0.557. The van der Waals surface area contributed by atoms with Gasteiger partial charge in [0.1, 0.15) is 0 Å². The highest BCUT2D eigenvalue weighted by Gasteiger charge is 2.11. The second-order valence-electron chi connectivity index (χ2n) is 4.54. The van der Waals surface area contributed by atoms with Gasteiger partial charge in [0.25, 0.3) is 0 Å². The smallest absolute Gasteiger partial charge is 0.0897 e. The largest absolute Gasteiger partial charge is 0.388 e. The van der Waals surface area contributed by atoms with Crippen LogP contribution in [0.25, 0.3) is 10.9 Å². The average molecular weight is 270 g/mol. The van der Waals surface area contributed by atoms with E-state index in [1.54, 1.807) is 17.5 Å². The number of hydrogen-bond donors (Lipinski definition) is 1. The van der Waals surface area contributed by atoms with Crippen molar-refractivity contribution in [2.45, 2.75) is 19.4 Å². The van der Waals surface area contributed by atoms with Crippen molar-refractivity contribution < 1.29 is 5.11 Å². The minimum absolute atomic E-state index is 0.532. The maximum atomic E-state index is 10.3. The number of nitrogens with zero attached hydrogens (tertiary/aromatic N) is 2. The summed E-state index contributed by atoms with van der Waals surface area (Å²) in [7, 11) is 0. The molecule has 3 aromatic rings. The summed E-state index contributed by atoms with van der Waals surface area (Å²) in [6.07, 6.45) is 1.72. The van der Waals surface area contributed by atoms with Crippen molar-refractivity contribution in [3.05, 3.63) is 58.2 Å². The first-order chi connectivity index (χ1) is 9.22. The van der Waals surface area contributed by atoms with Crippen molar-refractivity contribution in [2.75, 3.05) is 0 Å². The van der Waals surface area contributed by atoms with Crippen molar-refractivity contribution in [1.29, 1.82) is 0 Å². The first kappa shape index (κ1) is 12.3. The second kappa shape index (κ2) is 5.07. The molecule has 96 valence electrons. The van der Waals surface area contributed by atoms with Gasteiger partial charge in [-0.05, 0) is 24.6 Å². The Hall–Kier alpha value is -1.78. The molecule has 1 atom stereocenters. The first-order valence-electron chi connectivity index (χ1n) is 6.16. The van der Waals surface area contributed by atoms with Gasteiger partial charge in [-0.2, -0.15) is 0 Å². The Labute approximate surface area is 115 Å². The van der Waals surface area contributed by atoms with E-state index in [0.717, 1.165) is 27.2 Å². The van der Waals surface area contributed by atoms with Gasteiger partial charge in [-0.15, -0.1) is 11.3 Å². The second-order valence-corrected chi connectivity index (χ2v) is 5.60. The highest BCUT2D eigenvalue weighted by molar-refractivity contribution is 7.09. The van der Waals surface area contributed by atoms with Crippen LogP contribution in [-0.4, -0.2) is 15.1 Å². The van der Waals surface area contributed by atoms with Crippen LogP contribution in [0.3, 0.4) is 0 Å². The van der Waals surface area contributed by atoms with Crippen LogP contribution in [0.5, 0.6) is 0 Å². The maximum absolute atomic E-state index is 10.3. The molecule has 2 heterocycles. The van der Waals surface area contributed by atoms with Gasteiger partial charge in [0.2, 0.25) is 0 Å². The number of aliphatic hydroxyl groups excluding tert-OH is 1. The fourth-order valence-electron chi connectivity index (χ4n) is 2.09. The predicted molar refractivity (Wildman–Crippen MR) is 77.3 cm³/mol. The van der Waals surface area contributed by atoms with E-state index in [0.29, 0.717) is 6.42 Å². The van der Waals surface area contributed by atoms with E-state index in [1.165, 1.54) is 0 Å². The van der Waals surface area contributed by atoms with Crippen LogP contribution in [0.1, 0.15) is 22.4 Å². The molecule has 0 aliphatic carbocycles. The third-order valence-corrected chi connectivity index (χ3v) is 3.89. The minimum Gasteiger partial charge on any atom is -0.388 e. The number of thiazole rings is 1. The number of para-hydroxylation sites is 1. The Morgan fingerprint density at radius 1 is 1.32 bits per heavy atom. The van der Waals surface area contributed by atoms with Gasteiger partial charge in [-0.3, -0.25) is 4.98 Å². The third-order valence-electron chi connectivity index (χ3n) is 3.07. The molecule has 0 radical (unpaired) electrons. The summed E-state index contributed by atoms with van der Waals surface area (Å²) in [6.45, 7) is 1.97. The van der Waals surface area contributed by atoms with Crippen molar-refractivity contribution >= 4 is 22.2 Å². The molecule has 19 heavy (non-hydrogen) atoms. The van der Waals surface area contributed by atoms with Crippen molar-refractivity contribution in [3.8, 4) is 0 Å². The van der Waals surface area contributed by atoms with E-state index >= 15 is 0 Å². The number of aromatic nitrogens is 2. The summed E-state index contributed by atoms with van der Waals surface area (Å²) in [5.74, 6) is 0. The number of aryl methyl sites for hydroxylation is 1. The van der Waals surface area contributed by atoms with Gasteiger partial charge in [-0.1, -0.05) is 18.2 Å². The van der Waals surface area contributed by atoms with Crippen LogP contribution in [0.2, 0.25) is 0 Å². The van der Waals surface area contributed by atoms with Crippen molar-refractivity contribution in [3.63, 3.8) is 0 Å². The third kappa shape index (κ3) is 2.64. The van der Waals surface area contributed by atoms with Crippen LogP contribution >= 0.6 is 11.3 Å². The van der Waals surface area contributed by atoms with Gasteiger partial charge >= 0.3 is 0 Å². The molecule has 3 nitrogen and oxygen atoms in total. The lowest BCUT2D eigenvalue weighted by atomic mass is 10.1. The van der Waals surface area contributed by atoms with Crippen molar-refractivity contribution in [1.82, 2.24) is 9.97 Å². The summed E-state index contributed by atoms with van der Waals surface area (Å²) in [6, 6.07) is 9.90. The molecule has 3 rings (SSSR count). The Kier molecular flexibility index (Phi) is 3.27. The molecule has 1 N–H and O–H groups in total. The van der Waals surface area contributed by atoms with Crippen LogP contribution in [0.4, 0.5) is 0 Å². The van der Waals surface area contributed by atoms with Gasteiger partial charge in [0.15, 0.2) is 0 Å². The topological polar surface area (TPSA) is 46.0 Å². The normalized spacial score (nSPS) is 12.7. The standard InChI is InChI=1S/C15H14N2OS/c1-10-17-13(9-19-10)7-15(18)12-6-11-4-2-3-5-14(11)16-8-12/h2-6,8-9,15,18H,7H2,1H3. The molecule has 0 spiro atoms. The van der Waals surface area contributed by atoms with Crippen LogP contribution in [-0.2, 0) is 6.42 Å². The molecule has 1 unspecified atom stereocenters. The lowest BCUT2D eigenvalue weighted by Gasteiger charge is -2.09. The molecule has 4 heteroatoms. The molecule has 1 aromatic carbocycles. The lowest BCUT2D eigenvalue weighted by molar-refractivity contribution is 0.177. The highest BCUT2D eigenvalue weighted by Crippen LogP contribution is 2.22. The Morgan fingerprint density at radius 3 is 2.95 bits per heavy atom.